The third-order valence-corrected chi connectivity index (χ3v) is 4.14. The second kappa shape index (κ2) is 9.04. The number of rotatable bonds is 7. The topological polar surface area (TPSA) is 84.1 Å². The molecule has 28 heavy (non-hydrogen) atoms. The number of hydrogen-bond acceptors (Lipinski definition) is 6. The SMILES string of the molecule is C=N/C(=C\C=C/C)COc1cc(C#N)ccc1Oc1ccc2c(c1)COB2O. The van der Waals surface area contributed by atoms with Crippen LogP contribution < -0.4 is 14.9 Å². The minimum Gasteiger partial charge on any atom is -0.483 e. The van der Waals surface area contributed by atoms with Gasteiger partial charge in [0.05, 0.1) is 23.9 Å². The van der Waals surface area contributed by atoms with Crippen LogP contribution in [0.1, 0.15) is 18.1 Å². The average Bonchev–Trinajstić information content (AvgIpc) is 3.09. The molecule has 0 saturated heterocycles. The Balaban J connectivity index is 1.83. The first-order chi connectivity index (χ1) is 13.6. The zero-order valence-electron chi connectivity index (χ0n) is 15.5. The van der Waals surface area contributed by atoms with E-state index in [-0.39, 0.29) is 6.61 Å². The molecule has 6 nitrogen and oxygen atoms in total. The minimum absolute atomic E-state index is 0.184. The average molecular weight is 374 g/mol. The van der Waals surface area contributed by atoms with Gasteiger partial charge in [0.1, 0.15) is 12.4 Å². The lowest BCUT2D eigenvalue weighted by atomic mass is 9.80. The molecule has 0 unspecified atom stereocenters. The maximum atomic E-state index is 9.73. The van der Waals surface area contributed by atoms with E-state index >= 15 is 0 Å². The van der Waals surface area contributed by atoms with E-state index in [1.165, 1.54) is 0 Å². The Hall–Kier alpha value is -3.34. The molecule has 0 atom stereocenters. The third-order valence-electron chi connectivity index (χ3n) is 4.14. The maximum Gasteiger partial charge on any atom is 0.491 e. The van der Waals surface area contributed by atoms with Crippen LogP contribution in [0.4, 0.5) is 0 Å². The number of allylic oxidation sites excluding steroid dienone is 3. The lowest BCUT2D eigenvalue weighted by molar-refractivity contribution is 0.275. The van der Waals surface area contributed by atoms with Gasteiger partial charge in [0.25, 0.3) is 0 Å². The summed E-state index contributed by atoms with van der Waals surface area (Å²) in [6, 6.07) is 12.4. The van der Waals surface area contributed by atoms with Crippen molar-refractivity contribution in [3.63, 3.8) is 0 Å². The molecule has 0 aromatic heterocycles. The second-order valence-electron chi connectivity index (χ2n) is 6.03. The van der Waals surface area contributed by atoms with E-state index in [0.717, 1.165) is 11.0 Å². The van der Waals surface area contributed by atoms with Crippen molar-refractivity contribution in [3.05, 3.63) is 71.5 Å². The predicted molar refractivity (Wildman–Crippen MR) is 108 cm³/mol. The van der Waals surface area contributed by atoms with Gasteiger partial charge in [0, 0.05) is 6.07 Å². The Labute approximate surface area is 164 Å². The zero-order valence-corrected chi connectivity index (χ0v) is 15.5. The fourth-order valence-electron chi connectivity index (χ4n) is 2.68. The van der Waals surface area contributed by atoms with E-state index in [2.05, 4.69) is 17.8 Å². The molecule has 0 amide bonds. The van der Waals surface area contributed by atoms with Gasteiger partial charge in [-0.15, -0.1) is 0 Å². The number of benzene rings is 2. The Bertz CT molecular complexity index is 979. The molecule has 0 aliphatic carbocycles. The lowest BCUT2D eigenvalue weighted by Gasteiger charge is -2.13. The first-order valence-corrected chi connectivity index (χ1v) is 8.70. The first kappa shape index (κ1) is 19.4. The maximum absolute atomic E-state index is 9.73. The summed E-state index contributed by atoms with van der Waals surface area (Å²) in [7, 11) is -0.897. The van der Waals surface area contributed by atoms with Crippen molar-refractivity contribution in [2.24, 2.45) is 4.99 Å². The molecule has 140 valence electrons. The molecule has 1 N–H and O–H groups in total. The number of hydrogen-bond donors (Lipinski definition) is 1. The van der Waals surface area contributed by atoms with E-state index in [1.807, 2.05) is 25.1 Å². The van der Waals surface area contributed by atoms with E-state index in [0.29, 0.717) is 35.1 Å². The molecule has 1 aliphatic rings. The summed E-state index contributed by atoms with van der Waals surface area (Å²) in [5, 5.41) is 18.9. The summed E-state index contributed by atoms with van der Waals surface area (Å²) >= 11 is 0. The summed E-state index contributed by atoms with van der Waals surface area (Å²) in [6.07, 6.45) is 5.52. The molecule has 0 spiro atoms. The number of aliphatic imine (C=N–C) groups is 1. The molecule has 0 radical (unpaired) electrons. The summed E-state index contributed by atoms with van der Waals surface area (Å²) < 4.78 is 17.0. The highest BCUT2D eigenvalue weighted by atomic mass is 16.5. The third kappa shape index (κ3) is 4.49. The van der Waals surface area contributed by atoms with Crippen molar-refractivity contribution in [2.45, 2.75) is 13.5 Å². The van der Waals surface area contributed by atoms with Crippen LogP contribution in [0.5, 0.6) is 17.2 Å². The van der Waals surface area contributed by atoms with Crippen LogP contribution in [0.3, 0.4) is 0 Å². The van der Waals surface area contributed by atoms with Gasteiger partial charge in [-0.25, -0.2) is 0 Å². The molecule has 1 heterocycles. The van der Waals surface area contributed by atoms with E-state index in [4.69, 9.17) is 14.1 Å². The van der Waals surface area contributed by atoms with Crippen molar-refractivity contribution in [2.75, 3.05) is 6.61 Å². The van der Waals surface area contributed by atoms with Crippen molar-refractivity contribution in [3.8, 4) is 23.3 Å². The Morgan fingerprint density at radius 3 is 2.96 bits per heavy atom. The molecule has 2 aromatic carbocycles. The molecular weight excluding hydrogens is 355 g/mol. The van der Waals surface area contributed by atoms with Gasteiger partial charge in [0.15, 0.2) is 11.5 Å². The first-order valence-electron chi connectivity index (χ1n) is 8.70. The largest absolute Gasteiger partial charge is 0.491 e. The number of nitriles is 1. The molecule has 1 aliphatic heterocycles. The van der Waals surface area contributed by atoms with E-state index < -0.39 is 7.12 Å². The van der Waals surface area contributed by atoms with Crippen LogP contribution in [0.15, 0.2) is 65.3 Å². The smallest absolute Gasteiger partial charge is 0.483 e. The molecule has 0 fully saturated rings. The summed E-state index contributed by atoms with van der Waals surface area (Å²) in [5.74, 6) is 1.47. The summed E-state index contributed by atoms with van der Waals surface area (Å²) in [5.41, 5.74) is 2.71. The number of nitrogens with zero attached hydrogens (tertiary/aromatic N) is 2. The van der Waals surface area contributed by atoms with Crippen LogP contribution in [0, 0.1) is 11.3 Å². The van der Waals surface area contributed by atoms with Gasteiger partial charge >= 0.3 is 7.12 Å². The zero-order chi connectivity index (χ0) is 19.9. The van der Waals surface area contributed by atoms with E-state index in [1.54, 1.807) is 36.4 Å². The van der Waals surface area contributed by atoms with Gasteiger partial charge in [-0.3, -0.25) is 4.99 Å². The molecule has 2 aromatic rings. The fraction of sp³-hybridized carbons (Fsp3) is 0.143. The van der Waals surface area contributed by atoms with Crippen molar-refractivity contribution in [1.29, 1.82) is 5.26 Å². The Morgan fingerprint density at radius 2 is 2.21 bits per heavy atom. The normalized spacial score (nSPS) is 13.3. The number of ether oxygens (including phenoxy) is 2. The molecule has 3 rings (SSSR count). The van der Waals surface area contributed by atoms with Gasteiger partial charge in [0.2, 0.25) is 0 Å². The monoisotopic (exact) mass is 374 g/mol. The Morgan fingerprint density at radius 1 is 1.36 bits per heavy atom. The molecule has 0 saturated carbocycles. The van der Waals surface area contributed by atoms with Crippen LogP contribution in [0.2, 0.25) is 0 Å². The highest BCUT2D eigenvalue weighted by molar-refractivity contribution is 6.61. The van der Waals surface area contributed by atoms with Crippen molar-refractivity contribution < 1.29 is 19.2 Å². The number of fused-ring (bicyclic) bond motifs is 1. The van der Waals surface area contributed by atoms with Crippen LogP contribution >= 0.6 is 0 Å². The Kier molecular flexibility index (Phi) is 6.27. The highest BCUT2D eigenvalue weighted by Crippen LogP contribution is 2.33. The van der Waals surface area contributed by atoms with Gasteiger partial charge < -0.3 is 19.2 Å². The van der Waals surface area contributed by atoms with Crippen LogP contribution in [-0.4, -0.2) is 25.5 Å². The fourth-order valence-corrected chi connectivity index (χ4v) is 2.68. The van der Waals surface area contributed by atoms with E-state index in [9.17, 15) is 10.3 Å². The standard InChI is InChI=1S/C21H19BN2O4/c1-3-4-5-17(24-2)14-26-21-10-15(12-23)6-9-20(21)28-18-7-8-19-16(11-18)13-27-22(19)25/h3-11,25H,2,13-14H2,1H3/b4-3-,17-5-. The van der Waals surface area contributed by atoms with Crippen LogP contribution in [-0.2, 0) is 11.3 Å². The predicted octanol–water partition coefficient (Wildman–Crippen LogP) is 3.11. The van der Waals surface area contributed by atoms with Gasteiger partial charge in [-0.1, -0.05) is 18.2 Å². The van der Waals surface area contributed by atoms with Gasteiger partial charge in [-0.2, -0.15) is 5.26 Å². The highest BCUT2D eigenvalue weighted by Gasteiger charge is 2.27. The minimum atomic E-state index is -0.897. The summed E-state index contributed by atoms with van der Waals surface area (Å²) in [4.78, 5) is 3.93. The molecular formula is C21H19BN2O4. The van der Waals surface area contributed by atoms with Crippen molar-refractivity contribution in [1.82, 2.24) is 0 Å². The van der Waals surface area contributed by atoms with Crippen LogP contribution in [0.25, 0.3) is 0 Å². The quantitative estimate of drug-likeness (QED) is 0.457. The molecule has 7 heteroatoms. The molecule has 0 bridgehead atoms. The second-order valence-corrected chi connectivity index (χ2v) is 6.03. The van der Waals surface area contributed by atoms with Crippen molar-refractivity contribution >= 4 is 19.3 Å². The van der Waals surface area contributed by atoms with Gasteiger partial charge in [-0.05, 0) is 55.0 Å². The lowest BCUT2D eigenvalue weighted by Crippen LogP contribution is -2.27. The summed E-state index contributed by atoms with van der Waals surface area (Å²) in [6.45, 7) is 5.96.